The highest BCUT2D eigenvalue weighted by Crippen LogP contribution is 2.28. The van der Waals surface area contributed by atoms with Crippen molar-refractivity contribution in [3.05, 3.63) is 53.5 Å². The summed E-state index contributed by atoms with van der Waals surface area (Å²) in [5, 5.41) is 1.16. The Morgan fingerprint density at radius 2 is 2.07 bits per heavy atom. The summed E-state index contributed by atoms with van der Waals surface area (Å²) in [6.07, 6.45) is 7.78. The van der Waals surface area contributed by atoms with Gasteiger partial charge in [-0.1, -0.05) is 24.3 Å². The van der Waals surface area contributed by atoms with E-state index in [-0.39, 0.29) is 0 Å². The maximum atomic E-state index is 5.68. The first-order valence-corrected chi connectivity index (χ1v) is 4.56. The van der Waals surface area contributed by atoms with Crippen molar-refractivity contribution in [2.24, 2.45) is 0 Å². The number of allylic oxidation sites excluding steroid dienone is 2. The molecule has 66 valence electrons. The number of furan rings is 1. The van der Waals surface area contributed by atoms with Crippen molar-refractivity contribution >= 4 is 23.1 Å². The van der Waals surface area contributed by atoms with Gasteiger partial charge in [-0.3, -0.25) is 0 Å². The summed E-state index contributed by atoms with van der Waals surface area (Å²) in [7, 11) is 0. The first-order chi connectivity index (χ1) is 6.95. The van der Waals surface area contributed by atoms with E-state index in [0.29, 0.717) is 0 Å². The van der Waals surface area contributed by atoms with E-state index in [4.69, 9.17) is 4.42 Å². The number of fused-ring (bicyclic) bond motifs is 3. The van der Waals surface area contributed by atoms with Crippen LogP contribution in [-0.4, -0.2) is 0 Å². The van der Waals surface area contributed by atoms with Crippen LogP contribution in [0.4, 0.5) is 0 Å². The molecule has 1 aliphatic rings. The molecule has 0 fully saturated rings. The Labute approximate surface area is 81.7 Å². The van der Waals surface area contributed by atoms with E-state index in [9.17, 15) is 0 Å². The van der Waals surface area contributed by atoms with E-state index >= 15 is 0 Å². The largest absolute Gasteiger partial charge is 0.455 e. The number of para-hydroxylation sites is 1. The van der Waals surface area contributed by atoms with Gasteiger partial charge in [0.05, 0.1) is 0 Å². The molecule has 0 bridgehead atoms. The molecule has 0 saturated carbocycles. The van der Waals surface area contributed by atoms with E-state index in [1.54, 1.807) is 0 Å². The van der Waals surface area contributed by atoms with Crippen LogP contribution in [0.5, 0.6) is 0 Å². The third kappa shape index (κ3) is 0.968. The van der Waals surface area contributed by atoms with Crippen LogP contribution in [0.15, 0.2) is 46.6 Å². The lowest BCUT2D eigenvalue weighted by Gasteiger charge is -1.87. The van der Waals surface area contributed by atoms with Crippen LogP contribution in [0.25, 0.3) is 23.1 Å². The minimum absolute atomic E-state index is 0.885. The van der Waals surface area contributed by atoms with Gasteiger partial charge in [0, 0.05) is 17.0 Å². The zero-order chi connectivity index (χ0) is 9.38. The van der Waals surface area contributed by atoms with Gasteiger partial charge >= 0.3 is 0 Å². The van der Waals surface area contributed by atoms with Crippen molar-refractivity contribution in [1.29, 1.82) is 0 Å². The molecule has 0 radical (unpaired) electrons. The molecule has 1 aliphatic carbocycles. The summed E-state index contributed by atoms with van der Waals surface area (Å²) in [6, 6.07) is 8.05. The average Bonchev–Trinajstić information content (AvgIpc) is 2.42. The maximum absolute atomic E-state index is 5.68. The summed E-state index contributed by atoms with van der Waals surface area (Å²) in [5.74, 6) is 0.885. The van der Waals surface area contributed by atoms with Gasteiger partial charge in [-0.15, -0.1) is 5.73 Å². The van der Waals surface area contributed by atoms with Crippen LogP contribution in [0.1, 0.15) is 11.3 Å². The Morgan fingerprint density at radius 1 is 1.14 bits per heavy atom. The second-order valence-corrected chi connectivity index (χ2v) is 3.21. The van der Waals surface area contributed by atoms with E-state index in [2.05, 4.69) is 17.9 Å². The van der Waals surface area contributed by atoms with Gasteiger partial charge in [0.25, 0.3) is 0 Å². The molecular formula is C13H8O. The minimum Gasteiger partial charge on any atom is -0.455 e. The molecule has 1 heterocycles. The SMILES string of the molecule is C1=CC=Cc2c(oc3ccccc23)C=1. The average molecular weight is 180 g/mol. The maximum Gasteiger partial charge on any atom is 0.143 e. The Balaban J connectivity index is 2.46. The van der Waals surface area contributed by atoms with Crippen LogP contribution >= 0.6 is 0 Å². The lowest BCUT2D eigenvalue weighted by atomic mass is 10.1. The first kappa shape index (κ1) is 7.43. The zero-order valence-electron chi connectivity index (χ0n) is 7.53. The fourth-order valence-corrected chi connectivity index (χ4v) is 1.69. The lowest BCUT2D eigenvalue weighted by molar-refractivity contribution is 0.603. The summed E-state index contributed by atoms with van der Waals surface area (Å²) in [5.41, 5.74) is 5.11. The molecule has 0 N–H and O–H groups in total. The molecule has 1 nitrogen and oxygen atoms in total. The number of hydrogen-bond donors (Lipinski definition) is 0. The Hall–Kier alpha value is -1.98. The highest BCUT2D eigenvalue weighted by Gasteiger charge is 2.08. The van der Waals surface area contributed by atoms with E-state index in [1.807, 2.05) is 36.4 Å². The molecule has 1 aromatic heterocycles. The molecule has 0 saturated heterocycles. The van der Waals surface area contributed by atoms with Gasteiger partial charge in [-0.25, -0.2) is 0 Å². The molecular weight excluding hydrogens is 172 g/mol. The van der Waals surface area contributed by atoms with Gasteiger partial charge in [0.1, 0.15) is 11.3 Å². The molecule has 0 amide bonds. The van der Waals surface area contributed by atoms with Crippen molar-refractivity contribution in [3.8, 4) is 0 Å². The van der Waals surface area contributed by atoms with E-state index in [1.165, 1.54) is 0 Å². The second-order valence-electron chi connectivity index (χ2n) is 3.21. The van der Waals surface area contributed by atoms with Crippen molar-refractivity contribution in [2.45, 2.75) is 0 Å². The summed E-state index contributed by atoms with van der Waals surface area (Å²) >= 11 is 0. The highest BCUT2D eigenvalue weighted by atomic mass is 16.3. The summed E-state index contributed by atoms with van der Waals surface area (Å²) in [4.78, 5) is 0. The van der Waals surface area contributed by atoms with Crippen LogP contribution in [-0.2, 0) is 0 Å². The molecule has 0 spiro atoms. The van der Waals surface area contributed by atoms with Gasteiger partial charge in [0.15, 0.2) is 0 Å². The van der Waals surface area contributed by atoms with Gasteiger partial charge < -0.3 is 4.42 Å². The normalized spacial score (nSPS) is 13.1. The fourth-order valence-electron chi connectivity index (χ4n) is 1.69. The van der Waals surface area contributed by atoms with Gasteiger partial charge in [0.2, 0.25) is 0 Å². The monoisotopic (exact) mass is 180 g/mol. The predicted molar refractivity (Wildman–Crippen MR) is 57.8 cm³/mol. The predicted octanol–water partition coefficient (Wildman–Crippen LogP) is 3.63. The topological polar surface area (TPSA) is 13.1 Å². The summed E-state index contributed by atoms with van der Waals surface area (Å²) in [6.45, 7) is 0. The third-order valence-corrected chi connectivity index (χ3v) is 2.33. The Kier molecular flexibility index (Phi) is 1.46. The molecule has 3 rings (SSSR count). The zero-order valence-corrected chi connectivity index (χ0v) is 7.53. The second kappa shape index (κ2) is 2.76. The van der Waals surface area contributed by atoms with Crippen molar-refractivity contribution < 1.29 is 4.42 Å². The lowest BCUT2D eigenvalue weighted by Crippen LogP contribution is -1.70. The number of hydrogen-bond acceptors (Lipinski definition) is 1. The number of rotatable bonds is 0. The third-order valence-electron chi connectivity index (χ3n) is 2.33. The van der Waals surface area contributed by atoms with Gasteiger partial charge in [-0.05, 0) is 18.2 Å². The molecule has 0 unspecified atom stereocenters. The standard InChI is InChI=1S/C13H8O/c1-2-6-10-11-7-4-5-9-13(11)14-12(10)8-3-1/h1-2,4-9H. The van der Waals surface area contributed by atoms with E-state index in [0.717, 1.165) is 22.3 Å². The first-order valence-electron chi connectivity index (χ1n) is 4.56. The number of benzene rings is 1. The van der Waals surface area contributed by atoms with Crippen molar-refractivity contribution in [3.63, 3.8) is 0 Å². The molecule has 0 atom stereocenters. The van der Waals surface area contributed by atoms with Crippen LogP contribution in [0.3, 0.4) is 0 Å². The highest BCUT2D eigenvalue weighted by molar-refractivity contribution is 5.91. The molecule has 1 heteroatoms. The molecule has 0 aliphatic heterocycles. The van der Waals surface area contributed by atoms with Crippen LogP contribution < -0.4 is 0 Å². The van der Waals surface area contributed by atoms with Crippen molar-refractivity contribution in [2.75, 3.05) is 0 Å². The fraction of sp³-hybridized carbons (Fsp3) is 0. The molecule has 14 heavy (non-hydrogen) atoms. The smallest absolute Gasteiger partial charge is 0.143 e. The molecule has 1 aromatic carbocycles. The molecule has 2 aromatic rings. The van der Waals surface area contributed by atoms with Gasteiger partial charge in [-0.2, -0.15) is 0 Å². The van der Waals surface area contributed by atoms with Crippen LogP contribution in [0, 0.1) is 0 Å². The minimum atomic E-state index is 0.885. The van der Waals surface area contributed by atoms with Crippen LogP contribution in [0.2, 0.25) is 0 Å². The van der Waals surface area contributed by atoms with Crippen molar-refractivity contribution in [1.82, 2.24) is 0 Å². The quantitative estimate of drug-likeness (QED) is 0.564. The van der Waals surface area contributed by atoms with E-state index < -0.39 is 0 Å². The summed E-state index contributed by atoms with van der Waals surface area (Å²) < 4.78 is 5.68. The Bertz CT molecular complexity index is 578. The Morgan fingerprint density at radius 3 is 3.07 bits per heavy atom.